The SMILES string of the molecule is NC[C@@H]1COc2ccc(F)cc2O1. The van der Waals surface area contributed by atoms with Gasteiger partial charge in [-0.1, -0.05) is 0 Å². The van der Waals surface area contributed by atoms with Crippen molar-refractivity contribution in [3.05, 3.63) is 24.0 Å². The molecule has 0 aromatic heterocycles. The van der Waals surface area contributed by atoms with Crippen molar-refractivity contribution < 1.29 is 13.9 Å². The van der Waals surface area contributed by atoms with Gasteiger partial charge in [0.15, 0.2) is 11.5 Å². The van der Waals surface area contributed by atoms with Crippen LogP contribution in [0.15, 0.2) is 18.2 Å². The normalized spacial score (nSPS) is 20.0. The quantitative estimate of drug-likeness (QED) is 0.704. The molecule has 4 heteroatoms. The number of halogens is 1. The molecular formula is C9H10FNO2. The van der Waals surface area contributed by atoms with Gasteiger partial charge in [0.05, 0.1) is 0 Å². The largest absolute Gasteiger partial charge is 0.486 e. The standard InChI is InChI=1S/C9H10FNO2/c10-6-1-2-8-9(3-6)13-7(4-11)5-12-8/h1-3,7H,4-5,11H2/t7-/m1/s1. The molecule has 1 aliphatic heterocycles. The average Bonchev–Trinajstić information content (AvgIpc) is 2.16. The third-order valence-electron chi connectivity index (χ3n) is 1.89. The van der Waals surface area contributed by atoms with E-state index in [1.165, 1.54) is 12.1 Å². The second-order valence-electron chi connectivity index (χ2n) is 2.88. The summed E-state index contributed by atoms with van der Waals surface area (Å²) in [5.74, 6) is 0.674. The minimum absolute atomic E-state index is 0.172. The van der Waals surface area contributed by atoms with Gasteiger partial charge in [-0.25, -0.2) is 4.39 Å². The molecule has 1 aromatic carbocycles. The lowest BCUT2D eigenvalue weighted by molar-refractivity contribution is 0.0963. The smallest absolute Gasteiger partial charge is 0.164 e. The maximum atomic E-state index is 12.8. The van der Waals surface area contributed by atoms with Gasteiger partial charge in [0.25, 0.3) is 0 Å². The number of hydrogen-bond donors (Lipinski definition) is 1. The molecule has 0 saturated carbocycles. The van der Waals surface area contributed by atoms with Gasteiger partial charge in [-0.15, -0.1) is 0 Å². The van der Waals surface area contributed by atoms with Crippen LogP contribution >= 0.6 is 0 Å². The van der Waals surface area contributed by atoms with E-state index in [1.807, 2.05) is 0 Å². The van der Waals surface area contributed by atoms with E-state index in [2.05, 4.69) is 0 Å². The van der Waals surface area contributed by atoms with E-state index >= 15 is 0 Å². The van der Waals surface area contributed by atoms with Crippen LogP contribution in [0.1, 0.15) is 0 Å². The predicted octanol–water partition coefficient (Wildman–Crippen LogP) is 0.924. The molecule has 13 heavy (non-hydrogen) atoms. The van der Waals surface area contributed by atoms with Crippen molar-refractivity contribution in [1.29, 1.82) is 0 Å². The zero-order valence-electron chi connectivity index (χ0n) is 7.00. The summed E-state index contributed by atoms with van der Waals surface area (Å²) in [6, 6.07) is 4.19. The van der Waals surface area contributed by atoms with Crippen molar-refractivity contribution >= 4 is 0 Å². The van der Waals surface area contributed by atoms with Crippen molar-refractivity contribution in [2.24, 2.45) is 5.73 Å². The highest BCUT2D eigenvalue weighted by Gasteiger charge is 2.19. The van der Waals surface area contributed by atoms with Gasteiger partial charge in [0.2, 0.25) is 0 Å². The maximum absolute atomic E-state index is 12.8. The molecule has 2 N–H and O–H groups in total. The summed E-state index contributed by atoms with van der Waals surface area (Å²) in [6.45, 7) is 0.797. The van der Waals surface area contributed by atoms with Gasteiger partial charge in [-0.3, -0.25) is 0 Å². The van der Waals surface area contributed by atoms with E-state index in [0.29, 0.717) is 24.7 Å². The van der Waals surface area contributed by atoms with Crippen LogP contribution in [0.2, 0.25) is 0 Å². The Kier molecular flexibility index (Phi) is 2.06. The lowest BCUT2D eigenvalue weighted by Gasteiger charge is -2.25. The van der Waals surface area contributed by atoms with Gasteiger partial charge >= 0.3 is 0 Å². The van der Waals surface area contributed by atoms with Crippen molar-refractivity contribution in [2.75, 3.05) is 13.2 Å². The van der Waals surface area contributed by atoms with E-state index < -0.39 is 0 Å². The predicted molar refractivity (Wildman–Crippen MR) is 45.4 cm³/mol. The van der Waals surface area contributed by atoms with Crippen LogP contribution in [-0.4, -0.2) is 19.3 Å². The Bertz CT molecular complexity index is 316. The van der Waals surface area contributed by atoms with Crippen LogP contribution in [0, 0.1) is 5.82 Å². The average molecular weight is 183 g/mol. The highest BCUT2D eigenvalue weighted by atomic mass is 19.1. The second-order valence-corrected chi connectivity index (χ2v) is 2.88. The highest BCUT2D eigenvalue weighted by Crippen LogP contribution is 2.31. The summed E-state index contributed by atoms with van der Waals surface area (Å²) in [5.41, 5.74) is 5.40. The molecule has 70 valence electrons. The van der Waals surface area contributed by atoms with Crippen LogP contribution in [0.4, 0.5) is 4.39 Å². The van der Waals surface area contributed by atoms with E-state index in [1.54, 1.807) is 6.07 Å². The summed E-state index contributed by atoms with van der Waals surface area (Å²) < 4.78 is 23.4. The molecule has 0 spiro atoms. The van der Waals surface area contributed by atoms with Crippen LogP contribution in [0.5, 0.6) is 11.5 Å². The number of rotatable bonds is 1. The number of nitrogens with two attached hydrogens (primary N) is 1. The van der Waals surface area contributed by atoms with E-state index in [4.69, 9.17) is 15.2 Å². The maximum Gasteiger partial charge on any atom is 0.164 e. The van der Waals surface area contributed by atoms with Crippen molar-refractivity contribution in [3.8, 4) is 11.5 Å². The van der Waals surface area contributed by atoms with Crippen LogP contribution < -0.4 is 15.2 Å². The third-order valence-corrected chi connectivity index (χ3v) is 1.89. The lowest BCUT2D eigenvalue weighted by atomic mass is 10.2. The fourth-order valence-corrected chi connectivity index (χ4v) is 1.21. The first-order valence-electron chi connectivity index (χ1n) is 4.08. The fourth-order valence-electron chi connectivity index (χ4n) is 1.21. The molecule has 0 amide bonds. The molecular weight excluding hydrogens is 173 g/mol. The number of benzene rings is 1. The molecule has 1 heterocycles. The zero-order chi connectivity index (χ0) is 9.26. The summed E-state index contributed by atoms with van der Waals surface area (Å²) in [4.78, 5) is 0. The van der Waals surface area contributed by atoms with Crippen LogP contribution in [-0.2, 0) is 0 Å². The molecule has 0 aliphatic carbocycles. The van der Waals surface area contributed by atoms with Crippen molar-refractivity contribution in [3.63, 3.8) is 0 Å². The first-order valence-corrected chi connectivity index (χ1v) is 4.08. The van der Waals surface area contributed by atoms with Crippen LogP contribution in [0.3, 0.4) is 0 Å². The van der Waals surface area contributed by atoms with E-state index in [-0.39, 0.29) is 11.9 Å². The van der Waals surface area contributed by atoms with Gasteiger partial charge in [0, 0.05) is 12.6 Å². The highest BCUT2D eigenvalue weighted by molar-refractivity contribution is 5.41. The second kappa shape index (κ2) is 3.22. The lowest BCUT2D eigenvalue weighted by Crippen LogP contribution is -2.35. The van der Waals surface area contributed by atoms with Gasteiger partial charge < -0.3 is 15.2 Å². The zero-order valence-corrected chi connectivity index (χ0v) is 7.00. The molecule has 1 aliphatic rings. The summed E-state index contributed by atoms with van der Waals surface area (Å²) in [7, 11) is 0. The molecule has 0 bridgehead atoms. The molecule has 0 unspecified atom stereocenters. The van der Waals surface area contributed by atoms with Crippen LogP contribution in [0.25, 0.3) is 0 Å². The first kappa shape index (κ1) is 8.31. The Hall–Kier alpha value is -1.29. The van der Waals surface area contributed by atoms with Gasteiger partial charge in [0.1, 0.15) is 18.5 Å². The number of fused-ring (bicyclic) bond motifs is 1. The Balaban J connectivity index is 2.27. The molecule has 0 fully saturated rings. The van der Waals surface area contributed by atoms with Gasteiger partial charge in [-0.05, 0) is 12.1 Å². The minimum Gasteiger partial charge on any atom is -0.486 e. The fraction of sp³-hybridized carbons (Fsp3) is 0.333. The summed E-state index contributed by atoms with van der Waals surface area (Å²) >= 11 is 0. The third kappa shape index (κ3) is 1.58. The molecule has 0 saturated heterocycles. The Morgan fingerprint density at radius 3 is 3.08 bits per heavy atom. The minimum atomic E-state index is -0.333. The number of hydrogen-bond acceptors (Lipinski definition) is 3. The summed E-state index contributed by atoms with van der Waals surface area (Å²) in [6.07, 6.45) is -0.172. The molecule has 3 nitrogen and oxygen atoms in total. The Morgan fingerprint density at radius 2 is 2.31 bits per heavy atom. The molecule has 2 rings (SSSR count). The number of ether oxygens (including phenoxy) is 2. The van der Waals surface area contributed by atoms with Crippen molar-refractivity contribution in [2.45, 2.75) is 6.10 Å². The Labute approximate surface area is 75.3 Å². The molecule has 0 radical (unpaired) electrons. The first-order chi connectivity index (χ1) is 6.29. The van der Waals surface area contributed by atoms with E-state index in [0.717, 1.165) is 0 Å². The van der Waals surface area contributed by atoms with E-state index in [9.17, 15) is 4.39 Å². The summed E-state index contributed by atoms with van der Waals surface area (Å²) in [5, 5.41) is 0. The van der Waals surface area contributed by atoms with Crippen molar-refractivity contribution in [1.82, 2.24) is 0 Å². The topological polar surface area (TPSA) is 44.5 Å². The Morgan fingerprint density at radius 1 is 1.46 bits per heavy atom. The molecule has 1 aromatic rings. The van der Waals surface area contributed by atoms with Gasteiger partial charge in [-0.2, -0.15) is 0 Å². The monoisotopic (exact) mass is 183 g/mol. The molecule has 1 atom stereocenters.